The fourth-order valence-electron chi connectivity index (χ4n) is 13.0. The highest BCUT2D eigenvalue weighted by Crippen LogP contribution is 2.50. The second-order valence-electron chi connectivity index (χ2n) is 26.2. The number of benzene rings is 5. The SMILES string of the molecule is CN[C@H](CC(C)C)C(=O)N[C@H]1C(=O)C[C@@H](CC(N)=O)C(=O)N[C@H]2C(=O)C[C@H]3C(=O)N[C@H](C(=O)N[C@H](C(=O)O)c4cc(O)cc(O)c4-c4cc3ccc4O)[C@H](OC3CC(C)(N)C(O)C(C)O3)c3ccc(cc3)Oc3cc2cc(c3OC2OC(CO)C(O)C(O)C2O)Oc2ccc(cc2Cl)[C@H]1O. The van der Waals surface area contributed by atoms with E-state index in [9.17, 15) is 70.2 Å². The van der Waals surface area contributed by atoms with E-state index in [1.165, 1.54) is 69.4 Å². The monoisotopic (exact) mass is 1410 g/mol. The lowest BCUT2D eigenvalue weighted by molar-refractivity contribution is -0.277. The maximum Gasteiger partial charge on any atom is 0.330 e. The summed E-state index contributed by atoms with van der Waals surface area (Å²) in [5, 5.41) is 125. The van der Waals surface area contributed by atoms with Gasteiger partial charge in [-0.1, -0.05) is 49.7 Å². The summed E-state index contributed by atoms with van der Waals surface area (Å²) in [6, 6.07) is 6.82. The summed E-state index contributed by atoms with van der Waals surface area (Å²) in [4.78, 5) is 119. The number of nitrogens with two attached hydrogens (primary N) is 2. The van der Waals surface area contributed by atoms with Crippen LogP contribution in [-0.4, -0.2) is 185 Å². The summed E-state index contributed by atoms with van der Waals surface area (Å²) in [6.07, 6.45) is -20.3. The van der Waals surface area contributed by atoms with E-state index in [1.807, 2.05) is 13.8 Å². The topological polar surface area (TPSA) is 506 Å². The maximum absolute atomic E-state index is 16.2. The molecule has 5 aromatic rings. The molecule has 18 atom stereocenters. The lowest BCUT2D eigenvalue weighted by Gasteiger charge is -2.44. The van der Waals surface area contributed by atoms with Crippen LogP contribution in [0.25, 0.3) is 11.1 Å². The number of likely N-dealkylation sites (N-methyl/N-ethyl adjacent to an activating group) is 1. The highest BCUT2D eigenvalue weighted by molar-refractivity contribution is 6.32. The van der Waals surface area contributed by atoms with E-state index in [4.69, 9.17) is 51.5 Å². The summed E-state index contributed by atoms with van der Waals surface area (Å²) < 4.78 is 38.1. The number of nitrogens with one attached hydrogen (secondary N) is 5. The number of rotatable bonds is 13. The molecular weight excluding hydrogens is 1330 g/mol. The molecule has 7 aliphatic rings. The third-order valence-corrected chi connectivity index (χ3v) is 18.6. The molecule has 2 saturated heterocycles. The Morgan fingerprint density at radius 3 is 2.08 bits per heavy atom. The zero-order valence-electron chi connectivity index (χ0n) is 54.4. The van der Waals surface area contributed by atoms with Crippen LogP contribution in [0.15, 0.2) is 84.9 Å². The number of carbonyl (C=O) groups excluding carboxylic acids is 7. The molecule has 7 aliphatic heterocycles. The Kier molecular flexibility index (Phi) is 22.1. The number of ether oxygens (including phenoxy) is 6. The maximum atomic E-state index is 16.2. The summed E-state index contributed by atoms with van der Waals surface area (Å²) in [5.41, 5.74) is 8.89. The number of halogens is 1. The molecule has 0 aliphatic carbocycles. The number of phenols is 3. The standard InChI is InChI=1S/C68H78ClN7O24/c1-26(2)14-39(72-5)64(91)75-53-42(81)17-32(20-48(70)83)62(89)73-51-31-18-45(60(100-67-58(87)57(86)56(85)47(25-77)98-67)46(19-31)97-44-13-9-30(55(53)84)16-38(44)69)96-34-10-6-28(7-11-34)59(99-49-24-68(4,71)61(88)27(3)95-49)54-65(92)74-52(66(93)94)37-21-33(78)22-41(80)50(37)36-15-29(8-12-40(36)79)35(23-43(51)82)63(90)76-54/h6-13,15-16,18-19,21-22,26-27,32,35,39,47,49,51-59,61,67,72,77-80,84-88H,14,17,20,23-25,71H2,1-5H3,(H2,70,83)(H,73,89)(H,74,92)(H,75,91)(H,76,90)(H,93,94)/t27?,32-,35+,39+,47?,49?,51+,52-,53-,54-,55+,56?,57?,58?,59+,61?,67?,68?/m0/s1. The van der Waals surface area contributed by atoms with Gasteiger partial charge in [0.05, 0.1) is 41.7 Å². The van der Waals surface area contributed by atoms with Crippen molar-refractivity contribution in [3.63, 3.8) is 0 Å². The Balaban J connectivity index is 1.25. The van der Waals surface area contributed by atoms with Gasteiger partial charge in [-0.05, 0) is 110 Å². The zero-order valence-corrected chi connectivity index (χ0v) is 55.2. The van der Waals surface area contributed by atoms with Gasteiger partial charge in [-0.3, -0.25) is 33.6 Å². The number of aromatic hydroxyl groups is 3. The first kappa shape index (κ1) is 73.6. The van der Waals surface area contributed by atoms with E-state index in [2.05, 4.69) is 26.6 Å². The van der Waals surface area contributed by atoms with Crippen LogP contribution in [0.3, 0.4) is 0 Å². The molecule has 12 rings (SSSR count). The number of carbonyl (C=O) groups is 8. The Morgan fingerprint density at radius 2 is 1.44 bits per heavy atom. The van der Waals surface area contributed by atoms with Crippen molar-refractivity contribution in [1.29, 1.82) is 0 Å². The average molecular weight is 1410 g/mol. The average Bonchev–Trinajstić information content (AvgIpc) is 0.769. The second-order valence-corrected chi connectivity index (χ2v) is 26.6. The third-order valence-electron chi connectivity index (χ3n) is 18.3. The van der Waals surface area contributed by atoms with Gasteiger partial charge in [0.25, 0.3) is 0 Å². The first-order valence-electron chi connectivity index (χ1n) is 32.0. The lowest BCUT2D eigenvalue weighted by atomic mass is 9.84. The van der Waals surface area contributed by atoms with Crippen molar-refractivity contribution >= 4 is 58.7 Å². The molecule has 19 N–H and O–H groups in total. The van der Waals surface area contributed by atoms with Crippen molar-refractivity contribution in [3.8, 4) is 57.1 Å². The molecule has 9 unspecified atom stereocenters. The fraction of sp³-hybridized carbons (Fsp3) is 0.441. The Morgan fingerprint density at radius 1 is 0.760 bits per heavy atom. The van der Waals surface area contributed by atoms with E-state index in [0.717, 1.165) is 36.4 Å². The number of primary amides is 1. The number of hydrogen-bond donors (Lipinski definition) is 17. The number of phenolic OH excluding ortho intramolecular Hbond substituents is 3. The van der Waals surface area contributed by atoms with Gasteiger partial charge in [-0.25, -0.2) is 4.79 Å². The Bertz CT molecular complexity index is 3990. The molecule has 0 aromatic heterocycles. The molecule has 5 amide bonds. The van der Waals surface area contributed by atoms with Crippen LogP contribution in [0.1, 0.15) is 118 Å². The van der Waals surface area contributed by atoms with Crippen LogP contribution in [0.2, 0.25) is 5.02 Å². The van der Waals surface area contributed by atoms with Crippen molar-refractivity contribution in [2.45, 2.75) is 163 Å². The number of aliphatic hydroxyl groups is 6. The molecule has 2 fully saturated rings. The molecule has 7 heterocycles. The molecule has 536 valence electrons. The molecule has 0 spiro atoms. The molecule has 0 radical (unpaired) electrons. The second kappa shape index (κ2) is 30.0. The largest absolute Gasteiger partial charge is 0.508 e. The number of aliphatic carboxylic acids is 1. The van der Waals surface area contributed by atoms with Gasteiger partial charge in [0.15, 0.2) is 35.4 Å². The van der Waals surface area contributed by atoms with E-state index < -0.39 is 233 Å². The van der Waals surface area contributed by atoms with E-state index >= 15 is 19.2 Å². The van der Waals surface area contributed by atoms with Crippen molar-refractivity contribution in [1.82, 2.24) is 26.6 Å². The van der Waals surface area contributed by atoms with Crippen LogP contribution in [0, 0.1) is 11.8 Å². The minimum atomic E-state index is -2.23. The number of carboxylic acid groups (broad SMARTS) is 1. The van der Waals surface area contributed by atoms with Crippen molar-refractivity contribution in [2.75, 3.05) is 13.7 Å². The number of amides is 5. The van der Waals surface area contributed by atoms with Gasteiger partial charge in [0.1, 0.15) is 83.5 Å². The van der Waals surface area contributed by atoms with Crippen LogP contribution < -0.4 is 52.3 Å². The van der Waals surface area contributed by atoms with E-state index in [0.29, 0.717) is 0 Å². The van der Waals surface area contributed by atoms with E-state index in [-0.39, 0.29) is 57.5 Å². The number of hydrogen-bond acceptors (Lipinski definition) is 25. The van der Waals surface area contributed by atoms with Crippen LogP contribution >= 0.6 is 11.6 Å². The minimum Gasteiger partial charge on any atom is -0.508 e. The number of fused-ring (bicyclic) bond motifs is 15. The summed E-state index contributed by atoms with van der Waals surface area (Å²) >= 11 is 7.03. The molecule has 5 aromatic carbocycles. The van der Waals surface area contributed by atoms with Crippen molar-refractivity contribution in [3.05, 3.63) is 118 Å². The van der Waals surface area contributed by atoms with Gasteiger partial charge >= 0.3 is 5.97 Å². The van der Waals surface area contributed by atoms with Gasteiger partial charge < -0.3 is 118 Å². The van der Waals surface area contributed by atoms with Crippen molar-refractivity contribution in [2.24, 2.45) is 23.3 Å². The van der Waals surface area contributed by atoms with Gasteiger partial charge in [0, 0.05) is 54.0 Å². The quantitative estimate of drug-likeness (QED) is 0.0793. The highest BCUT2D eigenvalue weighted by atomic mass is 35.5. The molecule has 11 bridgehead atoms. The molecule has 32 heteroatoms. The van der Waals surface area contributed by atoms with E-state index in [1.54, 1.807) is 0 Å². The Hall–Kier alpha value is -9.09. The van der Waals surface area contributed by atoms with Crippen LogP contribution in [0.5, 0.6) is 46.0 Å². The predicted octanol–water partition coefficient (Wildman–Crippen LogP) is 1.43. The molecular formula is C68H78ClN7O24. The zero-order chi connectivity index (χ0) is 72.7. The normalized spacial score (nSPS) is 29.8. The first-order valence-corrected chi connectivity index (χ1v) is 32.3. The Labute approximate surface area is 575 Å². The van der Waals surface area contributed by atoms with Crippen molar-refractivity contribution < 1.29 is 118 Å². The summed E-state index contributed by atoms with van der Waals surface area (Å²) in [6.45, 7) is 5.73. The summed E-state index contributed by atoms with van der Waals surface area (Å²) in [5.74, 6) is -17.9. The number of aliphatic hydroxyl groups excluding tert-OH is 6. The fourth-order valence-corrected chi connectivity index (χ4v) is 13.2. The van der Waals surface area contributed by atoms with Gasteiger partial charge in [0.2, 0.25) is 41.6 Å². The minimum absolute atomic E-state index is 0.00380. The number of ketones is 2. The molecule has 31 nitrogen and oxygen atoms in total. The van der Waals surface area contributed by atoms with Gasteiger partial charge in [-0.15, -0.1) is 0 Å². The molecule has 100 heavy (non-hydrogen) atoms. The first-order chi connectivity index (χ1) is 47.2. The smallest absolute Gasteiger partial charge is 0.330 e. The highest BCUT2D eigenvalue weighted by Gasteiger charge is 2.49. The lowest BCUT2D eigenvalue weighted by Crippen LogP contribution is -2.61. The molecule has 0 saturated carbocycles. The number of Topliss-reactive ketones (excluding diaryl/α,β-unsaturated/α-hetero) is 2. The van der Waals surface area contributed by atoms with Crippen LogP contribution in [0.4, 0.5) is 0 Å². The third kappa shape index (κ3) is 15.6. The number of carboxylic acids is 1. The van der Waals surface area contributed by atoms with Gasteiger partial charge in [-0.2, -0.15) is 0 Å². The van der Waals surface area contributed by atoms with Crippen LogP contribution in [-0.2, 0) is 52.6 Å². The summed E-state index contributed by atoms with van der Waals surface area (Å²) in [7, 11) is 1.50. The predicted molar refractivity (Wildman–Crippen MR) is 347 cm³/mol.